The van der Waals surface area contributed by atoms with Crippen molar-refractivity contribution >= 4 is 17.5 Å². The molecule has 0 radical (unpaired) electrons. The second kappa shape index (κ2) is 6.83. The Morgan fingerprint density at radius 1 is 1.44 bits per heavy atom. The molecule has 0 aliphatic heterocycles. The molecule has 1 aliphatic rings. The Balaban J connectivity index is 1.99. The van der Waals surface area contributed by atoms with Crippen LogP contribution >= 0.6 is 11.6 Å². The SMILES string of the molecule is O=C(CCCCl)N(Cc1ccco1)C1CCCC1. The number of rotatable bonds is 6. The van der Waals surface area contributed by atoms with Gasteiger partial charge in [0.15, 0.2) is 0 Å². The summed E-state index contributed by atoms with van der Waals surface area (Å²) in [6, 6.07) is 4.18. The minimum atomic E-state index is 0.207. The van der Waals surface area contributed by atoms with Crippen LogP contribution in [0.4, 0.5) is 0 Å². The lowest BCUT2D eigenvalue weighted by molar-refractivity contribution is -0.134. The lowest BCUT2D eigenvalue weighted by atomic mass is 10.1. The molecule has 0 spiro atoms. The normalized spacial score (nSPS) is 16.1. The number of alkyl halides is 1. The van der Waals surface area contributed by atoms with E-state index in [0.717, 1.165) is 25.0 Å². The molecule has 4 heteroatoms. The number of carbonyl (C=O) groups excluding carboxylic acids is 1. The van der Waals surface area contributed by atoms with Gasteiger partial charge in [0.1, 0.15) is 5.76 Å². The van der Waals surface area contributed by atoms with Crippen molar-refractivity contribution in [3.05, 3.63) is 24.2 Å². The predicted octanol–water partition coefficient (Wildman–Crippen LogP) is 3.57. The highest BCUT2D eigenvalue weighted by Gasteiger charge is 2.26. The van der Waals surface area contributed by atoms with E-state index in [9.17, 15) is 4.79 Å². The van der Waals surface area contributed by atoms with Crippen molar-refractivity contribution in [2.75, 3.05) is 5.88 Å². The van der Waals surface area contributed by atoms with Crippen molar-refractivity contribution in [2.45, 2.75) is 51.1 Å². The molecule has 1 aliphatic carbocycles. The highest BCUT2D eigenvalue weighted by molar-refractivity contribution is 6.17. The van der Waals surface area contributed by atoms with Gasteiger partial charge in [0.05, 0.1) is 12.8 Å². The van der Waals surface area contributed by atoms with Gasteiger partial charge in [-0.3, -0.25) is 4.79 Å². The Labute approximate surface area is 113 Å². The van der Waals surface area contributed by atoms with Crippen LogP contribution in [0.1, 0.15) is 44.3 Å². The van der Waals surface area contributed by atoms with E-state index in [2.05, 4.69) is 0 Å². The van der Waals surface area contributed by atoms with Crippen LogP contribution in [0, 0.1) is 0 Å². The quantitative estimate of drug-likeness (QED) is 0.740. The summed E-state index contributed by atoms with van der Waals surface area (Å²) in [6.45, 7) is 0.596. The molecule has 2 rings (SSSR count). The van der Waals surface area contributed by atoms with Gasteiger partial charge in [0.25, 0.3) is 0 Å². The van der Waals surface area contributed by atoms with Gasteiger partial charge in [-0.15, -0.1) is 11.6 Å². The number of nitrogens with zero attached hydrogens (tertiary/aromatic N) is 1. The Kier molecular flexibility index (Phi) is 5.12. The van der Waals surface area contributed by atoms with E-state index in [1.165, 1.54) is 12.8 Å². The summed E-state index contributed by atoms with van der Waals surface area (Å²) in [4.78, 5) is 14.2. The van der Waals surface area contributed by atoms with Gasteiger partial charge in [0.2, 0.25) is 5.91 Å². The summed E-state index contributed by atoms with van der Waals surface area (Å²) in [5.41, 5.74) is 0. The molecule has 0 N–H and O–H groups in total. The zero-order valence-corrected chi connectivity index (χ0v) is 11.4. The molecule has 18 heavy (non-hydrogen) atoms. The van der Waals surface area contributed by atoms with Crippen molar-refractivity contribution in [3.8, 4) is 0 Å². The number of halogens is 1. The highest BCUT2D eigenvalue weighted by Crippen LogP contribution is 2.26. The van der Waals surface area contributed by atoms with Crippen molar-refractivity contribution in [1.82, 2.24) is 4.90 Å². The Hall–Kier alpha value is -0.960. The Bertz CT molecular complexity index is 358. The topological polar surface area (TPSA) is 33.5 Å². The third-order valence-corrected chi connectivity index (χ3v) is 3.78. The lowest BCUT2D eigenvalue weighted by Gasteiger charge is -2.28. The molecule has 100 valence electrons. The molecule has 1 amide bonds. The third-order valence-electron chi connectivity index (χ3n) is 3.52. The van der Waals surface area contributed by atoms with Crippen molar-refractivity contribution in [3.63, 3.8) is 0 Å². The predicted molar refractivity (Wildman–Crippen MR) is 71.5 cm³/mol. The van der Waals surface area contributed by atoms with Crippen LogP contribution in [0.15, 0.2) is 22.8 Å². The van der Waals surface area contributed by atoms with Crippen LogP contribution in [0.5, 0.6) is 0 Å². The summed E-state index contributed by atoms with van der Waals surface area (Å²) in [5.74, 6) is 1.62. The molecule has 0 saturated heterocycles. The third kappa shape index (κ3) is 3.52. The minimum Gasteiger partial charge on any atom is -0.467 e. The van der Waals surface area contributed by atoms with E-state index in [1.807, 2.05) is 17.0 Å². The molecule has 1 fully saturated rings. The van der Waals surface area contributed by atoms with E-state index in [0.29, 0.717) is 24.9 Å². The summed E-state index contributed by atoms with van der Waals surface area (Å²) < 4.78 is 5.36. The first-order valence-corrected chi connectivity index (χ1v) is 7.22. The van der Waals surface area contributed by atoms with E-state index in [4.69, 9.17) is 16.0 Å². The fraction of sp³-hybridized carbons (Fsp3) is 0.643. The van der Waals surface area contributed by atoms with E-state index in [-0.39, 0.29) is 5.91 Å². The summed E-state index contributed by atoms with van der Waals surface area (Å²) in [7, 11) is 0. The van der Waals surface area contributed by atoms with Crippen molar-refractivity contribution in [2.24, 2.45) is 0 Å². The van der Waals surface area contributed by atoms with Gasteiger partial charge in [-0.25, -0.2) is 0 Å². The molecular formula is C14H20ClNO2. The number of hydrogen-bond acceptors (Lipinski definition) is 2. The van der Waals surface area contributed by atoms with Crippen molar-refractivity contribution < 1.29 is 9.21 Å². The average Bonchev–Trinajstić information content (AvgIpc) is 3.05. The molecule has 1 aromatic rings. The molecule has 1 aromatic heterocycles. The maximum absolute atomic E-state index is 12.2. The first-order valence-electron chi connectivity index (χ1n) is 6.69. The van der Waals surface area contributed by atoms with Crippen LogP contribution in [-0.2, 0) is 11.3 Å². The van der Waals surface area contributed by atoms with Gasteiger partial charge in [0, 0.05) is 18.3 Å². The first kappa shape index (κ1) is 13.5. The largest absolute Gasteiger partial charge is 0.467 e. The number of carbonyl (C=O) groups is 1. The van der Waals surface area contributed by atoms with Crippen LogP contribution in [-0.4, -0.2) is 22.7 Å². The lowest BCUT2D eigenvalue weighted by Crippen LogP contribution is -2.38. The fourth-order valence-electron chi connectivity index (χ4n) is 2.57. The van der Waals surface area contributed by atoms with Crippen molar-refractivity contribution in [1.29, 1.82) is 0 Å². The smallest absolute Gasteiger partial charge is 0.223 e. The van der Waals surface area contributed by atoms with Crippen LogP contribution < -0.4 is 0 Å². The molecule has 0 atom stereocenters. The fourth-order valence-corrected chi connectivity index (χ4v) is 2.70. The van der Waals surface area contributed by atoms with Gasteiger partial charge < -0.3 is 9.32 Å². The average molecular weight is 270 g/mol. The van der Waals surface area contributed by atoms with Crippen LogP contribution in [0.2, 0.25) is 0 Å². The molecular weight excluding hydrogens is 250 g/mol. The van der Waals surface area contributed by atoms with E-state index in [1.54, 1.807) is 6.26 Å². The van der Waals surface area contributed by atoms with E-state index >= 15 is 0 Å². The molecule has 0 unspecified atom stereocenters. The van der Waals surface area contributed by atoms with Crippen LogP contribution in [0.25, 0.3) is 0 Å². The molecule has 1 heterocycles. The first-order chi connectivity index (χ1) is 8.81. The maximum Gasteiger partial charge on any atom is 0.223 e. The second-order valence-electron chi connectivity index (χ2n) is 4.83. The zero-order chi connectivity index (χ0) is 12.8. The minimum absolute atomic E-state index is 0.207. The van der Waals surface area contributed by atoms with E-state index < -0.39 is 0 Å². The summed E-state index contributed by atoms with van der Waals surface area (Å²) in [5, 5.41) is 0. The molecule has 0 aromatic carbocycles. The second-order valence-corrected chi connectivity index (χ2v) is 5.21. The van der Waals surface area contributed by atoms with Gasteiger partial charge in [-0.2, -0.15) is 0 Å². The van der Waals surface area contributed by atoms with Crippen LogP contribution in [0.3, 0.4) is 0 Å². The summed E-state index contributed by atoms with van der Waals surface area (Å²) >= 11 is 5.66. The molecule has 0 bridgehead atoms. The monoisotopic (exact) mass is 269 g/mol. The van der Waals surface area contributed by atoms with Gasteiger partial charge in [-0.05, 0) is 31.4 Å². The van der Waals surface area contributed by atoms with Gasteiger partial charge in [-0.1, -0.05) is 12.8 Å². The Morgan fingerprint density at radius 3 is 2.83 bits per heavy atom. The number of amides is 1. The molecule has 3 nitrogen and oxygen atoms in total. The molecule has 1 saturated carbocycles. The number of furan rings is 1. The Morgan fingerprint density at radius 2 is 2.22 bits per heavy atom. The van der Waals surface area contributed by atoms with Gasteiger partial charge >= 0.3 is 0 Å². The zero-order valence-electron chi connectivity index (χ0n) is 10.6. The standard InChI is InChI=1S/C14H20ClNO2/c15-9-3-8-14(17)16(12-5-1-2-6-12)11-13-7-4-10-18-13/h4,7,10,12H,1-3,5-6,8-9,11H2. The summed E-state index contributed by atoms with van der Waals surface area (Å²) in [6.07, 6.45) is 7.64. The highest BCUT2D eigenvalue weighted by atomic mass is 35.5. The maximum atomic E-state index is 12.2. The number of hydrogen-bond donors (Lipinski definition) is 0.